The number of sulfonamides is 1. The molecule has 2 rings (SSSR count). The van der Waals surface area contributed by atoms with Gasteiger partial charge >= 0.3 is 0 Å². The number of aliphatic hydroxyl groups excluding tert-OH is 1. The Hall–Kier alpha value is -0.470. The normalized spacial score (nSPS) is 22.3. The minimum atomic E-state index is -3.42. The third kappa shape index (κ3) is 2.92. The molecule has 0 spiro atoms. The first kappa shape index (κ1) is 15.9. The van der Waals surface area contributed by atoms with E-state index in [1.807, 2.05) is 6.92 Å². The van der Waals surface area contributed by atoms with Crippen LogP contribution in [0.1, 0.15) is 24.3 Å². The van der Waals surface area contributed by atoms with Gasteiger partial charge in [-0.3, -0.25) is 4.90 Å². The standard InChI is InChI=1S/C13H22N2O3S2/c1-4-14-5-6-15(8-11(14)3)20(17,18)13-7-10(2)12(9-16)19-13/h7,11,16H,4-6,8-9H2,1-3H3. The first-order valence-electron chi connectivity index (χ1n) is 6.84. The van der Waals surface area contributed by atoms with Gasteiger partial charge in [-0.1, -0.05) is 6.92 Å². The summed E-state index contributed by atoms with van der Waals surface area (Å²) in [6, 6.07) is 1.91. The summed E-state index contributed by atoms with van der Waals surface area (Å²) in [5.41, 5.74) is 0.844. The number of aryl methyl sites for hydroxylation is 1. The second kappa shape index (κ2) is 6.11. The van der Waals surface area contributed by atoms with Gasteiger partial charge in [-0.25, -0.2) is 8.42 Å². The van der Waals surface area contributed by atoms with Crippen molar-refractivity contribution in [2.24, 2.45) is 0 Å². The van der Waals surface area contributed by atoms with E-state index >= 15 is 0 Å². The molecule has 2 heterocycles. The van der Waals surface area contributed by atoms with E-state index in [9.17, 15) is 13.5 Å². The van der Waals surface area contributed by atoms with Crippen LogP contribution in [0.5, 0.6) is 0 Å². The second-order valence-corrected chi connectivity index (χ2v) is 8.47. The SMILES string of the molecule is CCN1CCN(S(=O)(=O)c2cc(C)c(CO)s2)CC1C. The van der Waals surface area contributed by atoms with Gasteiger partial charge in [0.1, 0.15) is 4.21 Å². The van der Waals surface area contributed by atoms with Crippen molar-refractivity contribution in [3.8, 4) is 0 Å². The number of hydrogen-bond acceptors (Lipinski definition) is 5. The van der Waals surface area contributed by atoms with Crippen molar-refractivity contribution < 1.29 is 13.5 Å². The van der Waals surface area contributed by atoms with E-state index in [0.29, 0.717) is 17.3 Å². The third-order valence-electron chi connectivity index (χ3n) is 3.87. The molecule has 1 aromatic rings. The van der Waals surface area contributed by atoms with Gasteiger partial charge in [0.05, 0.1) is 6.61 Å². The highest BCUT2D eigenvalue weighted by Crippen LogP contribution is 2.29. The molecule has 0 amide bonds. The molecule has 1 fully saturated rings. The Balaban J connectivity index is 2.22. The summed E-state index contributed by atoms with van der Waals surface area (Å²) < 4.78 is 27.2. The van der Waals surface area contributed by atoms with Crippen LogP contribution in [0.15, 0.2) is 10.3 Å². The summed E-state index contributed by atoms with van der Waals surface area (Å²) >= 11 is 1.17. The molecule has 1 aliphatic heterocycles. The molecule has 0 bridgehead atoms. The molecular weight excluding hydrogens is 296 g/mol. The molecule has 5 nitrogen and oxygen atoms in total. The first-order valence-corrected chi connectivity index (χ1v) is 9.10. The van der Waals surface area contributed by atoms with Gasteiger partial charge in [0, 0.05) is 30.6 Å². The predicted molar refractivity (Wildman–Crippen MR) is 80.4 cm³/mol. The van der Waals surface area contributed by atoms with Crippen molar-refractivity contribution in [1.29, 1.82) is 0 Å². The fraction of sp³-hybridized carbons (Fsp3) is 0.692. The van der Waals surface area contributed by atoms with Crippen LogP contribution in [-0.4, -0.2) is 55.0 Å². The highest BCUT2D eigenvalue weighted by atomic mass is 32.2. The Bertz CT molecular complexity index is 568. The van der Waals surface area contributed by atoms with Crippen molar-refractivity contribution in [2.75, 3.05) is 26.2 Å². The summed E-state index contributed by atoms with van der Waals surface area (Å²) in [4.78, 5) is 3.01. The van der Waals surface area contributed by atoms with Crippen molar-refractivity contribution in [2.45, 2.75) is 37.6 Å². The number of likely N-dealkylation sites (N-methyl/N-ethyl adjacent to an activating group) is 1. The molecule has 0 saturated carbocycles. The van der Waals surface area contributed by atoms with E-state index in [0.717, 1.165) is 23.5 Å². The Morgan fingerprint density at radius 3 is 2.65 bits per heavy atom. The Morgan fingerprint density at radius 1 is 1.45 bits per heavy atom. The van der Waals surface area contributed by atoms with Crippen molar-refractivity contribution in [3.63, 3.8) is 0 Å². The summed E-state index contributed by atoms with van der Waals surface area (Å²) in [7, 11) is -3.42. The Kier molecular flexibility index (Phi) is 4.86. The van der Waals surface area contributed by atoms with Crippen LogP contribution in [0.3, 0.4) is 0 Å². The minimum absolute atomic E-state index is 0.105. The largest absolute Gasteiger partial charge is 0.391 e. The molecule has 1 aliphatic rings. The van der Waals surface area contributed by atoms with Gasteiger partial charge in [0.2, 0.25) is 0 Å². The number of piperazine rings is 1. The molecule has 1 unspecified atom stereocenters. The molecule has 7 heteroatoms. The first-order chi connectivity index (χ1) is 9.40. The third-order valence-corrected chi connectivity index (χ3v) is 7.41. The molecule has 1 N–H and O–H groups in total. The minimum Gasteiger partial charge on any atom is -0.391 e. The van der Waals surface area contributed by atoms with Crippen LogP contribution in [-0.2, 0) is 16.6 Å². The quantitative estimate of drug-likeness (QED) is 0.908. The van der Waals surface area contributed by atoms with Gasteiger partial charge in [-0.15, -0.1) is 11.3 Å². The van der Waals surface area contributed by atoms with Crippen molar-refractivity contribution in [1.82, 2.24) is 9.21 Å². The fourth-order valence-electron chi connectivity index (χ4n) is 2.55. The smallest absolute Gasteiger partial charge is 0.252 e. The Labute approximate surface area is 124 Å². The van der Waals surface area contributed by atoms with Gasteiger partial charge in [0.15, 0.2) is 0 Å². The number of aliphatic hydroxyl groups is 1. The van der Waals surface area contributed by atoms with E-state index in [1.165, 1.54) is 11.3 Å². The maximum absolute atomic E-state index is 12.6. The maximum atomic E-state index is 12.6. The lowest BCUT2D eigenvalue weighted by atomic mass is 10.2. The number of thiophene rings is 1. The molecule has 1 saturated heterocycles. The lowest BCUT2D eigenvalue weighted by Crippen LogP contribution is -2.53. The van der Waals surface area contributed by atoms with Crippen LogP contribution < -0.4 is 0 Å². The van der Waals surface area contributed by atoms with E-state index in [1.54, 1.807) is 10.4 Å². The van der Waals surface area contributed by atoms with Crippen LogP contribution in [0.4, 0.5) is 0 Å². The van der Waals surface area contributed by atoms with E-state index < -0.39 is 10.0 Å². The molecule has 0 radical (unpaired) electrons. The molecule has 0 aromatic carbocycles. The topological polar surface area (TPSA) is 60.9 Å². The summed E-state index contributed by atoms with van der Waals surface area (Å²) in [6.45, 7) is 8.66. The van der Waals surface area contributed by atoms with E-state index in [2.05, 4.69) is 18.7 Å². The number of hydrogen-bond donors (Lipinski definition) is 1. The lowest BCUT2D eigenvalue weighted by Gasteiger charge is -2.38. The lowest BCUT2D eigenvalue weighted by molar-refractivity contribution is 0.136. The van der Waals surface area contributed by atoms with Crippen LogP contribution in [0.25, 0.3) is 0 Å². The van der Waals surface area contributed by atoms with Gasteiger partial charge in [-0.05, 0) is 32.0 Å². The molecule has 114 valence electrons. The molecule has 0 aliphatic carbocycles. The van der Waals surface area contributed by atoms with Gasteiger partial charge in [0.25, 0.3) is 10.0 Å². The number of nitrogens with zero attached hydrogens (tertiary/aromatic N) is 2. The molecular formula is C13H22N2O3S2. The van der Waals surface area contributed by atoms with Gasteiger partial charge < -0.3 is 5.11 Å². The fourth-order valence-corrected chi connectivity index (χ4v) is 5.67. The monoisotopic (exact) mass is 318 g/mol. The second-order valence-electron chi connectivity index (χ2n) is 5.17. The molecule has 1 aromatic heterocycles. The summed E-state index contributed by atoms with van der Waals surface area (Å²) in [5.74, 6) is 0. The number of rotatable bonds is 4. The predicted octanol–water partition coefficient (Wildman–Crippen LogP) is 1.26. The summed E-state index contributed by atoms with van der Waals surface area (Å²) in [5, 5.41) is 9.21. The maximum Gasteiger partial charge on any atom is 0.252 e. The zero-order chi connectivity index (χ0) is 14.9. The summed E-state index contributed by atoms with van der Waals surface area (Å²) in [6.07, 6.45) is 0. The average molecular weight is 318 g/mol. The van der Waals surface area contributed by atoms with E-state index in [-0.39, 0.29) is 12.6 Å². The highest BCUT2D eigenvalue weighted by molar-refractivity contribution is 7.91. The van der Waals surface area contributed by atoms with E-state index in [4.69, 9.17) is 0 Å². The van der Waals surface area contributed by atoms with Crippen molar-refractivity contribution in [3.05, 3.63) is 16.5 Å². The Morgan fingerprint density at radius 2 is 2.15 bits per heavy atom. The van der Waals surface area contributed by atoms with Crippen molar-refractivity contribution >= 4 is 21.4 Å². The van der Waals surface area contributed by atoms with Gasteiger partial charge in [-0.2, -0.15) is 4.31 Å². The molecule has 1 atom stereocenters. The zero-order valence-electron chi connectivity index (χ0n) is 12.2. The molecule has 20 heavy (non-hydrogen) atoms. The highest BCUT2D eigenvalue weighted by Gasteiger charge is 2.32. The van der Waals surface area contributed by atoms with Crippen LogP contribution in [0.2, 0.25) is 0 Å². The zero-order valence-corrected chi connectivity index (χ0v) is 13.8. The average Bonchev–Trinajstić information content (AvgIpc) is 2.80. The van der Waals surface area contributed by atoms with Crippen LogP contribution >= 0.6 is 11.3 Å². The van der Waals surface area contributed by atoms with Crippen LogP contribution in [0, 0.1) is 6.92 Å².